The summed E-state index contributed by atoms with van der Waals surface area (Å²) in [4.78, 5) is 25.7. The highest BCUT2D eigenvalue weighted by Gasteiger charge is 2.36. The first kappa shape index (κ1) is 14.8. The maximum absolute atomic E-state index is 12.7. The van der Waals surface area contributed by atoms with E-state index in [-0.39, 0.29) is 16.9 Å². The lowest BCUT2D eigenvalue weighted by Gasteiger charge is -2.44. The zero-order valence-electron chi connectivity index (χ0n) is 12.6. The minimum absolute atomic E-state index is 0.0447. The maximum atomic E-state index is 12.7. The minimum Gasteiger partial charge on any atom is -0.478 e. The maximum Gasteiger partial charge on any atom is 0.335 e. The molecule has 3 rings (SSSR count). The molecule has 4 heteroatoms. The number of rotatable bonds is 2. The van der Waals surface area contributed by atoms with Gasteiger partial charge in [-0.15, -0.1) is 0 Å². The van der Waals surface area contributed by atoms with Gasteiger partial charge in [-0.1, -0.05) is 18.2 Å². The molecule has 1 N–H and O–H groups in total. The van der Waals surface area contributed by atoms with Gasteiger partial charge in [0, 0.05) is 18.7 Å². The van der Waals surface area contributed by atoms with Gasteiger partial charge in [0.05, 0.1) is 5.56 Å². The number of hydrogen-bond donors (Lipinski definition) is 1. The van der Waals surface area contributed by atoms with Crippen LogP contribution in [0, 0.1) is 5.41 Å². The van der Waals surface area contributed by atoms with Crippen LogP contribution in [0.25, 0.3) is 0 Å². The summed E-state index contributed by atoms with van der Waals surface area (Å²) in [5.41, 5.74) is 0.869. The topological polar surface area (TPSA) is 57.6 Å². The number of carboxylic acid groups (broad SMARTS) is 1. The van der Waals surface area contributed by atoms with E-state index in [0.29, 0.717) is 5.56 Å². The van der Waals surface area contributed by atoms with Crippen molar-refractivity contribution < 1.29 is 14.7 Å². The van der Waals surface area contributed by atoms with Crippen LogP contribution >= 0.6 is 0 Å². The highest BCUT2D eigenvalue weighted by molar-refractivity contribution is 5.97. The van der Waals surface area contributed by atoms with Gasteiger partial charge in [-0.25, -0.2) is 4.79 Å². The molecule has 1 aliphatic heterocycles. The average molecular weight is 299 g/mol. The molecule has 1 aliphatic carbocycles. The van der Waals surface area contributed by atoms with Crippen LogP contribution in [0.1, 0.15) is 52.8 Å². The Balaban J connectivity index is 1.78. The van der Waals surface area contributed by atoms with Crippen molar-refractivity contribution in [3.63, 3.8) is 0 Å². The predicted octanol–water partition coefficient (Wildman–Crippen LogP) is 3.35. The predicted molar refractivity (Wildman–Crippen MR) is 84.0 cm³/mol. The molecule has 116 valence electrons. The van der Waals surface area contributed by atoms with Crippen LogP contribution in [-0.4, -0.2) is 35.0 Å². The first-order valence-electron chi connectivity index (χ1n) is 7.87. The van der Waals surface area contributed by atoms with Crippen molar-refractivity contribution >= 4 is 11.9 Å². The van der Waals surface area contributed by atoms with Crippen molar-refractivity contribution in [1.29, 1.82) is 0 Å². The highest BCUT2D eigenvalue weighted by atomic mass is 16.4. The zero-order valence-corrected chi connectivity index (χ0v) is 12.6. The van der Waals surface area contributed by atoms with Gasteiger partial charge in [0.2, 0.25) is 0 Å². The Kier molecular flexibility index (Phi) is 4.01. The number of allylic oxidation sites excluding steroid dienone is 2. The van der Waals surface area contributed by atoms with Crippen molar-refractivity contribution in [3.8, 4) is 0 Å². The molecule has 1 aromatic rings. The molecule has 0 radical (unpaired) electrons. The molecular formula is C18H21NO3. The summed E-state index contributed by atoms with van der Waals surface area (Å²) >= 11 is 0. The van der Waals surface area contributed by atoms with Crippen LogP contribution in [0.2, 0.25) is 0 Å². The molecular weight excluding hydrogens is 278 g/mol. The number of amides is 1. The van der Waals surface area contributed by atoms with Crippen molar-refractivity contribution in [2.45, 2.75) is 32.1 Å². The van der Waals surface area contributed by atoms with Gasteiger partial charge in [0.15, 0.2) is 0 Å². The lowest BCUT2D eigenvalue weighted by molar-refractivity contribution is 0.0484. The molecule has 1 aromatic carbocycles. The van der Waals surface area contributed by atoms with Crippen LogP contribution < -0.4 is 0 Å². The van der Waals surface area contributed by atoms with Gasteiger partial charge >= 0.3 is 5.97 Å². The molecule has 1 spiro atoms. The van der Waals surface area contributed by atoms with Crippen LogP contribution in [0.5, 0.6) is 0 Å². The number of hydrogen-bond acceptors (Lipinski definition) is 2. The van der Waals surface area contributed by atoms with Gasteiger partial charge in [-0.2, -0.15) is 0 Å². The molecule has 1 saturated heterocycles. The van der Waals surface area contributed by atoms with Crippen molar-refractivity contribution in [2.24, 2.45) is 5.41 Å². The summed E-state index contributed by atoms with van der Waals surface area (Å²) in [5, 5.41) is 9.07. The summed E-state index contributed by atoms with van der Waals surface area (Å²) in [6.07, 6.45) is 9.95. The smallest absolute Gasteiger partial charge is 0.335 e. The monoisotopic (exact) mass is 299 g/mol. The number of carbonyl (C=O) groups is 2. The molecule has 0 bridgehead atoms. The number of likely N-dealkylation sites (tertiary alicyclic amines) is 1. The largest absolute Gasteiger partial charge is 0.478 e. The Labute approximate surface area is 130 Å². The molecule has 0 saturated carbocycles. The number of aromatic carboxylic acids is 1. The van der Waals surface area contributed by atoms with E-state index in [1.54, 1.807) is 12.1 Å². The fourth-order valence-electron chi connectivity index (χ4n) is 3.66. The van der Waals surface area contributed by atoms with E-state index in [9.17, 15) is 9.59 Å². The van der Waals surface area contributed by atoms with Crippen molar-refractivity contribution in [1.82, 2.24) is 4.90 Å². The van der Waals surface area contributed by atoms with Gasteiger partial charge in [0.25, 0.3) is 5.91 Å². The van der Waals surface area contributed by atoms with Gasteiger partial charge in [0.1, 0.15) is 0 Å². The third-order valence-corrected chi connectivity index (χ3v) is 4.86. The first-order chi connectivity index (χ1) is 10.6. The number of carboxylic acids is 1. The molecule has 22 heavy (non-hydrogen) atoms. The summed E-state index contributed by atoms with van der Waals surface area (Å²) in [6, 6.07) is 6.34. The van der Waals surface area contributed by atoms with E-state index in [4.69, 9.17) is 5.11 Å². The standard InChI is InChI=1S/C18H21NO3/c20-16(14-6-4-7-15(12-14)17(21)22)19-11-5-10-18(13-19)8-2-1-3-9-18/h1-2,4,6-7,12H,3,5,8-11,13H2,(H,21,22). The van der Waals surface area contributed by atoms with E-state index >= 15 is 0 Å². The molecule has 1 unspecified atom stereocenters. The quantitative estimate of drug-likeness (QED) is 0.852. The number of benzene rings is 1. The minimum atomic E-state index is -0.998. The van der Waals surface area contributed by atoms with E-state index < -0.39 is 5.97 Å². The summed E-state index contributed by atoms with van der Waals surface area (Å²) in [7, 11) is 0. The van der Waals surface area contributed by atoms with Gasteiger partial charge in [-0.05, 0) is 55.7 Å². The van der Waals surface area contributed by atoms with Crippen molar-refractivity contribution in [3.05, 3.63) is 47.5 Å². The summed E-state index contributed by atoms with van der Waals surface area (Å²) in [6.45, 7) is 1.55. The summed E-state index contributed by atoms with van der Waals surface area (Å²) in [5.74, 6) is -1.04. The van der Waals surface area contributed by atoms with E-state index in [2.05, 4.69) is 12.2 Å². The van der Waals surface area contributed by atoms with Gasteiger partial charge < -0.3 is 10.0 Å². The SMILES string of the molecule is O=C(O)c1cccc(C(=O)N2CCCC3(CC=CCC3)C2)c1. The summed E-state index contributed by atoms with van der Waals surface area (Å²) < 4.78 is 0. The average Bonchev–Trinajstić information content (AvgIpc) is 2.55. The number of nitrogens with zero attached hydrogens (tertiary/aromatic N) is 1. The van der Waals surface area contributed by atoms with E-state index in [1.165, 1.54) is 18.6 Å². The lowest BCUT2D eigenvalue weighted by Crippen LogP contribution is -2.46. The van der Waals surface area contributed by atoms with Crippen LogP contribution in [-0.2, 0) is 0 Å². The molecule has 0 aromatic heterocycles. The van der Waals surface area contributed by atoms with Crippen molar-refractivity contribution in [2.75, 3.05) is 13.1 Å². The van der Waals surface area contributed by atoms with Gasteiger partial charge in [-0.3, -0.25) is 4.79 Å². The van der Waals surface area contributed by atoms with Crippen LogP contribution in [0.4, 0.5) is 0 Å². The van der Waals surface area contributed by atoms with Crippen LogP contribution in [0.3, 0.4) is 0 Å². The Morgan fingerprint density at radius 1 is 1.14 bits per heavy atom. The fraction of sp³-hybridized carbons (Fsp3) is 0.444. The second-order valence-electron chi connectivity index (χ2n) is 6.43. The van der Waals surface area contributed by atoms with Crippen LogP contribution in [0.15, 0.2) is 36.4 Å². The molecule has 1 heterocycles. The first-order valence-corrected chi connectivity index (χ1v) is 7.87. The fourth-order valence-corrected chi connectivity index (χ4v) is 3.66. The lowest BCUT2D eigenvalue weighted by atomic mass is 9.71. The molecule has 2 aliphatic rings. The third-order valence-electron chi connectivity index (χ3n) is 4.86. The highest BCUT2D eigenvalue weighted by Crippen LogP contribution is 2.41. The zero-order chi connectivity index (χ0) is 15.6. The third kappa shape index (κ3) is 2.91. The normalized spacial score (nSPS) is 24.5. The molecule has 1 atom stereocenters. The van der Waals surface area contributed by atoms with E-state index in [1.807, 2.05) is 4.90 Å². The Morgan fingerprint density at radius 2 is 1.95 bits per heavy atom. The Bertz CT molecular complexity index is 623. The second-order valence-corrected chi connectivity index (χ2v) is 6.43. The molecule has 1 amide bonds. The van der Waals surface area contributed by atoms with E-state index in [0.717, 1.165) is 38.8 Å². The Hall–Kier alpha value is -2.10. The number of piperidine rings is 1. The Morgan fingerprint density at radius 3 is 2.68 bits per heavy atom. The second kappa shape index (κ2) is 5.95. The molecule has 1 fully saturated rings. The molecule has 4 nitrogen and oxygen atoms in total. The number of carbonyl (C=O) groups excluding carboxylic acids is 1.